The lowest BCUT2D eigenvalue weighted by molar-refractivity contribution is 0.253. The van der Waals surface area contributed by atoms with Gasteiger partial charge in [0.15, 0.2) is 0 Å². The predicted octanol–water partition coefficient (Wildman–Crippen LogP) is 3.15. The van der Waals surface area contributed by atoms with Crippen molar-refractivity contribution in [3.63, 3.8) is 0 Å². The van der Waals surface area contributed by atoms with E-state index in [2.05, 4.69) is 77.4 Å². The average Bonchev–Trinajstić information content (AvgIpc) is 2.45. The zero-order valence-corrected chi connectivity index (χ0v) is 17.5. The molecule has 1 aromatic rings. The maximum absolute atomic E-state index is 10.8. The number of anilines is 1. The number of hydrogen-bond donors (Lipinski definition) is 1. The van der Waals surface area contributed by atoms with Gasteiger partial charge in [-0.25, -0.2) is 0 Å². The summed E-state index contributed by atoms with van der Waals surface area (Å²) in [5.74, 6) is -0.159. The molecule has 0 aromatic heterocycles. The highest BCUT2D eigenvalue weighted by Gasteiger charge is 2.25. The largest absolute Gasteiger partial charge is 0.357 e. The monoisotopic (exact) mass is 466 g/mol. The fourth-order valence-corrected chi connectivity index (χ4v) is 4.56. The number of nitrogens with zero attached hydrogens (tertiary/aromatic N) is 2. The molecule has 0 bridgehead atoms. The molecule has 1 N–H and O–H groups in total. The van der Waals surface area contributed by atoms with Crippen LogP contribution < -0.4 is 4.90 Å². The van der Waals surface area contributed by atoms with E-state index in [9.17, 15) is 8.42 Å². The molecule has 136 valence electrons. The standard InChI is InChI=1S/C17H27IN2O3S/c1-17(2,3)14-5-7-15(8-6-14)20-11-10-19(13-16(20)18)9-4-12-24(21,22)23/h5-8,16H,4,9-13H2,1-3H3,(H,21,22,23). The topological polar surface area (TPSA) is 60.9 Å². The number of halogens is 1. The van der Waals surface area contributed by atoms with Crippen LogP contribution in [-0.2, 0) is 15.5 Å². The van der Waals surface area contributed by atoms with Gasteiger partial charge in [-0.3, -0.25) is 9.45 Å². The predicted molar refractivity (Wildman–Crippen MR) is 108 cm³/mol. The molecule has 0 spiro atoms. The minimum atomic E-state index is -3.85. The minimum Gasteiger partial charge on any atom is -0.357 e. The van der Waals surface area contributed by atoms with Crippen molar-refractivity contribution in [1.82, 2.24) is 4.90 Å². The van der Waals surface area contributed by atoms with Crippen molar-refractivity contribution in [3.05, 3.63) is 29.8 Å². The van der Waals surface area contributed by atoms with Crippen LogP contribution >= 0.6 is 22.6 Å². The Labute approximate surface area is 159 Å². The summed E-state index contributed by atoms with van der Waals surface area (Å²) in [6, 6.07) is 8.80. The van der Waals surface area contributed by atoms with Gasteiger partial charge in [0.1, 0.15) is 0 Å². The Bertz CT molecular complexity index is 641. The van der Waals surface area contributed by atoms with Gasteiger partial charge >= 0.3 is 0 Å². The van der Waals surface area contributed by atoms with Crippen molar-refractivity contribution < 1.29 is 13.0 Å². The Balaban J connectivity index is 1.91. The number of alkyl halides is 1. The van der Waals surface area contributed by atoms with E-state index in [1.807, 2.05) is 0 Å². The van der Waals surface area contributed by atoms with Crippen LogP contribution in [0.15, 0.2) is 24.3 Å². The first-order valence-corrected chi connectivity index (χ1v) is 11.1. The van der Waals surface area contributed by atoms with E-state index in [0.717, 1.165) is 19.6 Å². The molecule has 0 saturated carbocycles. The number of hydrogen-bond acceptors (Lipinski definition) is 4. The van der Waals surface area contributed by atoms with Crippen molar-refractivity contribution in [2.24, 2.45) is 0 Å². The van der Waals surface area contributed by atoms with E-state index >= 15 is 0 Å². The Hall–Kier alpha value is -0.380. The SMILES string of the molecule is CC(C)(C)c1ccc(N2CCN(CCCS(=O)(=O)O)CC2I)cc1. The molecule has 7 heteroatoms. The lowest BCUT2D eigenvalue weighted by Crippen LogP contribution is -2.51. The third-order valence-electron chi connectivity index (χ3n) is 4.35. The highest BCUT2D eigenvalue weighted by molar-refractivity contribution is 14.1. The molecule has 0 aliphatic carbocycles. The second-order valence-corrected chi connectivity index (χ2v) is 10.4. The summed E-state index contributed by atoms with van der Waals surface area (Å²) in [6.07, 6.45) is 0.475. The highest BCUT2D eigenvalue weighted by atomic mass is 127. The molecule has 1 heterocycles. The Morgan fingerprint density at radius 2 is 1.83 bits per heavy atom. The molecule has 1 aliphatic rings. The number of benzene rings is 1. The molecule has 24 heavy (non-hydrogen) atoms. The van der Waals surface area contributed by atoms with Gasteiger partial charge in [0.25, 0.3) is 10.1 Å². The van der Waals surface area contributed by atoms with E-state index < -0.39 is 10.1 Å². The number of rotatable bonds is 5. The summed E-state index contributed by atoms with van der Waals surface area (Å²) in [7, 11) is -3.85. The summed E-state index contributed by atoms with van der Waals surface area (Å²) >= 11 is 2.45. The first-order chi connectivity index (χ1) is 11.1. The van der Waals surface area contributed by atoms with E-state index in [4.69, 9.17) is 4.55 Å². The molecule has 1 fully saturated rings. The fourth-order valence-electron chi connectivity index (χ4n) is 2.91. The summed E-state index contributed by atoms with van der Waals surface area (Å²) in [5.41, 5.74) is 2.73. The highest BCUT2D eigenvalue weighted by Crippen LogP contribution is 2.28. The second-order valence-electron chi connectivity index (χ2n) is 7.36. The normalized spacial score (nSPS) is 20.4. The van der Waals surface area contributed by atoms with Crippen molar-refractivity contribution in [1.29, 1.82) is 0 Å². The van der Waals surface area contributed by atoms with Crippen LogP contribution in [0.1, 0.15) is 32.8 Å². The lowest BCUT2D eigenvalue weighted by Gasteiger charge is -2.40. The molecule has 1 saturated heterocycles. The van der Waals surface area contributed by atoms with Crippen LogP contribution in [0.3, 0.4) is 0 Å². The van der Waals surface area contributed by atoms with Crippen LogP contribution in [0.25, 0.3) is 0 Å². The van der Waals surface area contributed by atoms with Crippen molar-refractivity contribution in [3.8, 4) is 0 Å². The lowest BCUT2D eigenvalue weighted by atomic mass is 9.87. The van der Waals surface area contributed by atoms with Gasteiger partial charge in [-0.1, -0.05) is 55.5 Å². The zero-order valence-electron chi connectivity index (χ0n) is 14.6. The van der Waals surface area contributed by atoms with Crippen LogP contribution in [0.2, 0.25) is 0 Å². The van der Waals surface area contributed by atoms with E-state index in [0.29, 0.717) is 17.0 Å². The van der Waals surface area contributed by atoms with Crippen LogP contribution in [0.4, 0.5) is 5.69 Å². The van der Waals surface area contributed by atoms with E-state index in [1.165, 1.54) is 11.3 Å². The van der Waals surface area contributed by atoms with Gasteiger partial charge in [-0.15, -0.1) is 0 Å². The van der Waals surface area contributed by atoms with Gasteiger partial charge in [-0.05, 0) is 36.1 Å². The van der Waals surface area contributed by atoms with Gasteiger partial charge < -0.3 is 4.90 Å². The minimum absolute atomic E-state index is 0.159. The molecule has 1 aliphatic heterocycles. The quantitative estimate of drug-likeness (QED) is 0.313. The smallest absolute Gasteiger partial charge is 0.264 e. The average molecular weight is 466 g/mol. The third-order valence-corrected chi connectivity index (χ3v) is 6.22. The molecule has 0 radical (unpaired) electrons. The van der Waals surface area contributed by atoms with Gasteiger partial charge in [0.2, 0.25) is 0 Å². The van der Waals surface area contributed by atoms with E-state index in [1.54, 1.807) is 0 Å². The van der Waals surface area contributed by atoms with Crippen molar-refractivity contribution in [2.75, 3.05) is 36.8 Å². The zero-order chi connectivity index (χ0) is 18.0. The maximum Gasteiger partial charge on any atom is 0.264 e. The molecule has 0 amide bonds. The van der Waals surface area contributed by atoms with E-state index in [-0.39, 0.29) is 11.2 Å². The fraction of sp³-hybridized carbons (Fsp3) is 0.647. The van der Waals surface area contributed by atoms with Crippen LogP contribution in [0, 0.1) is 0 Å². The molecule has 1 unspecified atom stereocenters. The number of piperazine rings is 1. The van der Waals surface area contributed by atoms with Crippen molar-refractivity contribution in [2.45, 2.75) is 36.7 Å². The summed E-state index contributed by atoms with van der Waals surface area (Å²) < 4.78 is 30.8. The van der Waals surface area contributed by atoms with Crippen LogP contribution in [0.5, 0.6) is 0 Å². The van der Waals surface area contributed by atoms with Crippen LogP contribution in [-0.4, -0.2) is 53.9 Å². The molecular weight excluding hydrogens is 439 g/mol. The molecule has 5 nitrogen and oxygen atoms in total. The first kappa shape index (κ1) is 19.9. The Morgan fingerprint density at radius 3 is 2.33 bits per heavy atom. The molecule has 1 atom stereocenters. The third kappa shape index (κ3) is 5.86. The Morgan fingerprint density at radius 1 is 1.21 bits per heavy atom. The molecular formula is C17H27IN2O3S. The summed E-state index contributed by atoms with van der Waals surface area (Å²) in [5, 5.41) is 0. The maximum atomic E-state index is 10.8. The van der Waals surface area contributed by atoms with Gasteiger partial charge in [0, 0.05) is 25.3 Å². The van der Waals surface area contributed by atoms with Gasteiger partial charge in [-0.2, -0.15) is 8.42 Å². The first-order valence-electron chi connectivity index (χ1n) is 8.25. The second kappa shape index (κ2) is 7.88. The molecule has 1 aromatic carbocycles. The summed E-state index contributed by atoms with van der Waals surface area (Å²) in [4.78, 5) is 4.66. The van der Waals surface area contributed by atoms with Crippen molar-refractivity contribution >= 4 is 38.4 Å². The summed E-state index contributed by atoms with van der Waals surface area (Å²) in [6.45, 7) is 10.1. The molecule has 2 rings (SSSR count). The Kier molecular flexibility index (Phi) is 6.55. The van der Waals surface area contributed by atoms with Gasteiger partial charge in [0.05, 0.1) is 9.80 Å².